The molecule has 0 bridgehead atoms. The molecule has 0 fully saturated rings. The second kappa shape index (κ2) is 5.27. The van der Waals surface area contributed by atoms with Crippen molar-refractivity contribution in [2.45, 2.75) is 6.54 Å². The average Bonchev–Trinajstić information content (AvgIpc) is 2.06. The molecule has 66 valence electrons. The molecule has 0 aliphatic heterocycles. The summed E-state index contributed by atoms with van der Waals surface area (Å²) < 4.78 is 0. The maximum atomic E-state index is 3.97. The van der Waals surface area contributed by atoms with Crippen LogP contribution in [-0.4, -0.2) is 28.8 Å². The van der Waals surface area contributed by atoms with E-state index in [1.165, 1.54) is 5.56 Å². The Bertz CT molecular complexity index is 213. The molecule has 0 radical (unpaired) electrons. The fourth-order valence-corrected chi connectivity index (χ4v) is 1.63. The van der Waals surface area contributed by atoms with Crippen molar-refractivity contribution < 1.29 is 0 Å². The Kier molecular flexibility index (Phi) is 4.25. The van der Waals surface area contributed by atoms with Crippen molar-refractivity contribution >= 4 is 15.9 Å². The number of aromatic nitrogens is 1. The third kappa shape index (κ3) is 3.32. The second-order valence-electron chi connectivity index (χ2n) is 2.78. The number of pyridine rings is 1. The van der Waals surface area contributed by atoms with Crippen LogP contribution in [0.1, 0.15) is 5.56 Å². The van der Waals surface area contributed by atoms with E-state index < -0.39 is 0 Å². The van der Waals surface area contributed by atoms with Gasteiger partial charge in [-0.05, 0) is 24.7 Å². The highest BCUT2D eigenvalue weighted by Gasteiger charge is 1.97. The van der Waals surface area contributed by atoms with Gasteiger partial charge in [-0.3, -0.25) is 4.98 Å². The van der Waals surface area contributed by atoms with Gasteiger partial charge in [0, 0.05) is 30.8 Å². The van der Waals surface area contributed by atoms with E-state index in [2.05, 4.69) is 32.9 Å². The number of alkyl halides is 1. The Labute approximate surface area is 81.7 Å². The van der Waals surface area contributed by atoms with Crippen LogP contribution in [0, 0.1) is 0 Å². The van der Waals surface area contributed by atoms with Crippen LogP contribution < -0.4 is 0 Å². The summed E-state index contributed by atoms with van der Waals surface area (Å²) in [4.78, 5) is 6.24. The maximum Gasteiger partial charge on any atom is 0.0271 e. The molecule has 1 heterocycles. The van der Waals surface area contributed by atoms with E-state index in [0.717, 1.165) is 18.4 Å². The van der Waals surface area contributed by atoms with Crippen molar-refractivity contribution in [2.24, 2.45) is 0 Å². The lowest BCUT2D eigenvalue weighted by atomic mass is 10.2. The van der Waals surface area contributed by atoms with Gasteiger partial charge in [0.15, 0.2) is 0 Å². The summed E-state index contributed by atoms with van der Waals surface area (Å²) in [7, 11) is 2.11. The molecule has 0 amide bonds. The minimum absolute atomic E-state index is 0.994. The van der Waals surface area contributed by atoms with Gasteiger partial charge in [-0.1, -0.05) is 15.9 Å². The molecular formula is C9H13BrN2. The van der Waals surface area contributed by atoms with E-state index in [1.54, 1.807) is 0 Å². The molecule has 3 heteroatoms. The third-order valence-electron chi connectivity index (χ3n) is 1.67. The molecule has 0 N–H and O–H groups in total. The van der Waals surface area contributed by atoms with Gasteiger partial charge >= 0.3 is 0 Å². The second-order valence-corrected chi connectivity index (χ2v) is 3.58. The normalized spacial score (nSPS) is 10.6. The minimum Gasteiger partial charge on any atom is -0.301 e. The number of rotatable bonds is 4. The average molecular weight is 229 g/mol. The van der Waals surface area contributed by atoms with Crippen LogP contribution in [0.5, 0.6) is 0 Å². The van der Waals surface area contributed by atoms with Crippen LogP contribution >= 0.6 is 15.9 Å². The van der Waals surface area contributed by atoms with Crippen molar-refractivity contribution in [3.8, 4) is 0 Å². The van der Waals surface area contributed by atoms with Gasteiger partial charge in [0.1, 0.15) is 0 Å². The summed E-state index contributed by atoms with van der Waals surface area (Å²) in [6.07, 6.45) is 3.66. The van der Waals surface area contributed by atoms with Crippen molar-refractivity contribution in [3.63, 3.8) is 0 Å². The van der Waals surface area contributed by atoms with Crippen LogP contribution in [0.4, 0.5) is 0 Å². The predicted molar refractivity (Wildman–Crippen MR) is 54.4 cm³/mol. The summed E-state index contributed by atoms with van der Waals surface area (Å²) in [5, 5.41) is 1.02. The summed E-state index contributed by atoms with van der Waals surface area (Å²) in [5.74, 6) is 0. The molecular weight excluding hydrogens is 216 g/mol. The van der Waals surface area contributed by atoms with Crippen molar-refractivity contribution in [1.82, 2.24) is 9.88 Å². The molecule has 1 rings (SSSR count). The van der Waals surface area contributed by atoms with Crippen LogP contribution in [0.3, 0.4) is 0 Å². The van der Waals surface area contributed by atoms with Gasteiger partial charge in [0.2, 0.25) is 0 Å². The van der Waals surface area contributed by atoms with Crippen molar-refractivity contribution in [2.75, 3.05) is 18.9 Å². The van der Waals surface area contributed by atoms with E-state index in [1.807, 2.05) is 24.5 Å². The molecule has 0 aliphatic carbocycles. The van der Waals surface area contributed by atoms with E-state index >= 15 is 0 Å². The minimum atomic E-state index is 0.994. The Balaban J connectivity index is 2.41. The van der Waals surface area contributed by atoms with Gasteiger partial charge < -0.3 is 4.90 Å². The van der Waals surface area contributed by atoms with E-state index in [-0.39, 0.29) is 0 Å². The number of hydrogen-bond donors (Lipinski definition) is 0. The first-order valence-electron chi connectivity index (χ1n) is 3.96. The number of hydrogen-bond acceptors (Lipinski definition) is 2. The molecule has 0 aliphatic rings. The van der Waals surface area contributed by atoms with Gasteiger partial charge in [-0.2, -0.15) is 0 Å². The number of halogens is 1. The van der Waals surface area contributed by atoms with Crippen molar-refractivity contribution in [3.05, 3.63) is 30.1 Å². The Hall–Kier alpha value is -0.410. The van der Waals surface area contributed by atoms with Crippen LogP contribution in [-0.2, 0) is 6.54 Å². The van der Waals surface area contributed by atoms with Crippen LogP contribution in [0.15, 0.2) is 24.5 Å². The van der Waals surface area contributed by atoms with E-state index in [9.17, 15) is 0 Å². The highest BCUT2D eigenvalue weighted by Crippen LogP contribution is 2.00. The molecule has 0 saturated carbocycles. The molecule has 12 heavy (non-hydrogen) atoms. The molecule has 2 nitrogen and oxygen atoms in total. The van der Waals surface area contributed by atoms with Gasteiger partial charge in [0.05, 0.1) is 0 Å². The standard InChI is InChI=1S/C9H13BrN2/c1-12(7-4-10)8-9-2-5-11-6-3-9/h2-3,5-6H,4,7-8H2,1H3. The fraction of sp³-hybridized carbons (Fsp3) is 0.444. The van der Waals surface area contributed by atoms with E-state index in [4.69, 9.17) is 0 Å². The molecule has 0 spiro atoms. The first kappa shape index (κ1) is 9.68. The Morgan fingerprint density at radius 2 is 2.08 bits per heavy atom. The van der Waals surface area contributed by atoms with Gasteiger partial charge in [-0.15, -0.1) is 0 Å². The smallest absolute Gasteiger partial charge is 0.0271 e. The summed E-state index contributed by atoms with van der Waals surface area (Å²) in [6.45, 7) is 2.07. The lowest BCUT2D eigenvalue weighted by Crippen LogP contribution is -2.19. The Morgan fingerprint density at radius 3 is 2.67 bits per heavy atom. The van der Waals surface area contributed by atoms with Crippen LogP contribution in [0.25, 0.3) is 0 Å². The summed E-state index contributed by atoms with van der Waals surface area (Å²) in [6, 6.07) is 4.09. The highest BCUT2D eigenvalue weighted by molar-refractivity contribution is 9.09. The van der Waals surface area contributed by atoms with E-state index in [0.29, 0.717) is 0 Å². The zero-order chi connectivity index (χ0) is 8.81. The topological polar surface area (TPSA) is 16.1 Å². The zero-order valence-electron chi connectivity index (χ0n) is 7.20. The predicted octanol–water partition coefficient (Wildman–Crippen LogP) is 1.91. The molecule has 1 aromatic rings. The Morgan fingerprint density at radius 1 is 1.42 bits per heavy atom. The molecule has 0 unspecified atom stereocenters. The zero-order valence-corrected chi connectivity index (χ0v) is 8.79. The summed E-state index contributed by atoms with van der Waals surface area (Å²) >= 11 is 3.41. The SMILES string of the molecule is CN(CCBr)Cc1ccncc1. The monoisotopic (exact) mass is 228 g/mol. The third-order valence-corrected chi connectivity index (χ3v) is 2.02. The number of nitrogens with zero attached hydrogens (tertiary/aromatic N) is 2. The largest absolute Gasteiger partial charge is 0.301 e. The summed E-state index contributed by atoms with van der Waals surface area (Å²) in [5.41, 5.74) is 1.31. The highest BCUT2D eigenvalue weighted by atomic mass is 79.9. The van der Waals surface area contributed by atoms with Crippen molar-refractivity contribution in [1.29, 1.82) is 0 Å². The van der Waals surface area contributed by atoms with Gasteiger partial charge in [-0.25, -0.2) is 0 Å². The first-order valence-corrected chi connectivity index (χ1v) is 5.08. The first-order chi connectivity index (χ1) is 5.83. The van der Waals surface area contributed by atoms with Gasteiger partial charge in [0.25, 0.3) is 0 Å². The lowest BCUT2D eigenvalue weighted by Gasteiger charge is -2.14. The molecule has 1 aromatic heterocycles. The quantitative estimate of drug-likeness (QED) is 0.733. The fourth-order valence-electron chi connectivity index (χ4n) is 1.02. The molecule has 0 aromatic carbocycles. The molecule has 0 atom stereocenters. The van der Waals surface area contributed by atoms with Crippen LogP contribution in [0.2, 0.25) is 0 Å². The maximum absolute atomic E-state index is 3.97. The molecule has 0 saturated heterocycles. The lowest BCUT2D eigenvalue weighted by molar-refractivity contribution is 0.349.